The first kappa shape index (κ1) is 17.2. The third-order valence-corrected chi connectivity index (χ3v) is 3.99. The number of carbonyl (C=O) groups is 1. The molecule has 0 fully saturated rings. The van der Waals surface area contributed by atoms with Crippen molar-refractivity contribution in [1.29, 1.82) is 0 Å². The highest BCUT2D eigenvalue weighted by molar-refractivity contribution is 9.10. The monoisotopic (exact) mass is 401 g/mol. The second-order valence-corrected chi connectivity index (χ2v) is 6.14. The van der Waals surface area contributed by atoms with E-state index in [1.54, 1.807) is 18.2 Å². The molecule has 0 radical (unpaired) electrons. The number of aryl methyl sites for hydroxylation is 1. The van der Waals surface area contributed by atoms with E-state index in [9.17, 15) is 9.59 Å². The molecule has 25 heavy (non-hydrogen) atoms. The molecule has 0 spiro atoms. The number of halogens is 1. The van der Waals surface area contributed by atoms with Crippen molar-refractivity contribution in [1.82, 2.24) is 15.1 Å². The maximum absolute atomic E-state index is 11.9. The predicted molar refractivity (Wildman–Crippen MR) is 97.3 cm³/mol. The van der Waals surface area contributed by atoms with Crippen LogP contribution < -0.4 is 10.9 Å². The summed E-state index contributed by atoms with van der Waals surface area (Å²) in [4.78, 5) is 23.8. The highest BCUT2D eigenvalue weighted by Gasteiger charge is 2.09. The molecule has 2 heterocycles. The fourth-order valence-corrected chi connectivity index (χ4v) is 2.63. The Morgan fingerprint density at radius 3 is 2.64 bits per heavy atom. The summed E-state index contributed by atoms with van der Waals surface area (Å²) < 4.78 is 7.10. The quantitative estimate of drug-likeness (QED) is 0.643. The van der Waals surface area contributed by atoms with E-state index in [-0.39, 0.29) is 17.2 Å². The Bertz CT molecular complexity index is 919. The predicted octanol–water partition coefficient (Wildman–Crippen LogP) is 3.09. The molecule has 1 aromatic carbocycles. The number of rotatable bonds is 6. The van der Waals surface area contributed by atoms with Crippen LogP contribution in [0.5, 0.6) is 0 Å². The van der Waals surface area contributed by atoms with Crippen molar-refractivity contribution in [2.45, 2.75) is 13.0 Å². The van der Waals surface area contributed by atoms with E-state index in [4.69, 9.17) is 4.42 Å². The van der Waals surface area contributed by atoms with Crippen LogP contribution in [0.4, 0.5) is 0 Å². The van der Waals surface area contributed by atoms with Gasteiger partial charge in [0.25, 0.3) is 11.5 Å². The molecule has 1 N–H and O–H groups in total. The van der Waals surface area contributed by atoms with Crippen molar-refractivity contribution in [3.8, 4) is 11.3 Å². The van der Waals surface area contributed by atoms with Gasteiger partial charge in [-0.25, -0.2) is 4.68 Å². The first-order valence-electron chi connectivity index (χ1n) is 7.80. The molecule has 0 aliphatic heterocycles. The average Bonchev–Trinajstić information content (AvgIpc) is 3.07. The molecule has 2 aromatic heterocycles. The zero-order valence-electron chi connectivity index (χ0n) is 13.3. The van der Waals surface area contributed by atoms with Gasteiger partial charge in [-0.1, -0.05) is 30.3 Å². The molecule has 7 heteroatoms. The summed E-state index contributed by atoms with van der Waals surface area (Å²) >= 11 is 3.15. The van der Waals surface area contributed by atoms with Crippen LogP contribution in [0, 0.1) is 0 Å². The fourth-order valence-electron chi connectivity index (χ4n) is 2.33. The number of hydrogen-bond donors (Lipinski definition) is 1. The van der Waals surface area contributed by atoms with Crippen molar-refractivity contribution >= 4 is 21.8 Å². The maximum atomic E-state index is 11.9. The minimum Gasteiger partial charge on any atom is -0.444 e. The Hall–Kier alpha value is -2.67. The number of furan rings is 1. The molecule has 0 atom stereocenters. The van der Waals surface area contributed by atoms with Crippen molar-refractivity contribution in [2.75, 3.05) is 6.54 Å². The summed E-state index contributed by atoms with van der Waals surface area (Å²) in [5.41, 5.74) is 1.53. The van der Waals surface area contributed by atoms with Crippen LogP contribution >= 0.6 is 15.9 Å². The van der Waals surface area contributed by atoms with Gasteiger partial charge in [0, 0.05) is 24.7 Å². The summed E-state index contributed by atoms with van der Waals surface area (Å²) in [7, 11) is 0. The number of amides is 1. The van der Waals surface area contributed by atoms with E-state index in [0.717, 1.165) is 11.3 Å². The summed E-state index contributed by atoms with van der Waals surface area (Å²) in [6.45, 7) is 0.836. The van der Waals surface area contributed by atoms with Crippen LogP contribution in [0.3, 0.4) is 0 Å². The topological polar surface area (TPSA) is 77.1 Å². The lowest BCUT2D eigenvalue weighted by molar-refractivity contribution is 0.0923. The zero-order chi connectivity index (χ0) is 17.6. The van der Waals surface area contributed by atoms with Crippen LogP contribution in [0.25, 0.3) is 11.3 Å². The Morgan fingerprint density at radius 1 is 1.12 bits per heavy atom. The molecule has 0 bridgehead atoms. The Morgan fingerprint density at radius 2 is 1.92 bits per heavy atom. The molecular formula is C18H16BrN3O3. The molecule has 0 unspecified atom stereocenters. The first-order valence-corrected chi connectivity index (χ1v) is 8.60. The Labute approximate surface area is 152 Å². The van der Waals surface area contributed by atoms with Gasteiger partial charge >= 0.3 is 0 Å². The number of benzene rings is 1. The first-order chi connectivity index (χ1) is 12.1. The average molecular weight is 402 g/mol. The Balaban J connectivity index is 1.58. The van der Waals surface area contributed by atoms with Gasteiger partial charge in [0.1, 0.15) is 0 Å². The minimum atomic E-state index is -0.288. The van der Waals surface area contributed by atoms with E-state index in [2.05, 4.69) is 26.3 Å². The van der Waals surface area contributed by atoms with E-state index >= 15 is 0 Å². The van der Waals surface area contributed by atoms with Crippen molar-refractivity contribution in [2.24, 2.45) is 0 Å². The molecule has 0 aliphatic rings. The largest absolute Gasteiger partial charge is 0.444 e. The van der Waals surface area contributed by atoms with Crippen molar-refractivity contribution in [3.05, 3.63) is 75.4 Å². The molecule has 6 nitrogen and oxygen atoms in total. The summed E-state index contributed by atoms with van der Waals surface area (Å²) in [5, 5.41) is 7.14. The van der Waals surface area contributed by atoms with Crippen LogP contribution in [0.1, 0.15) is 17.0 Å². The van der Waals surface area contributed by atoms with Crippen LogP contribution in [0.2, 0.25) is 0 Å². The van der Waals surface area contributed by atoms with Gasteiger partial charge < -0.3 is 9.73 Å². The van der Waals surface area contributed by atoms with E-state index < -0.39 is 0 Å². The van der Waals surface area contributed by atoms with Crippen LogP contribution in [0.15, 0.2) is 68.5 Å². The minimum absolute atomic E-state index is 0.166. The van der Waals surface area contributed by atoms with E-state index in [1.165, 1.54) is 10.7 Å². The fraction of sp³-hybridized carbons (Fsp3) is 0.167. The van der Waals surface area contributed by atoms with Crippen LogP contribution in [-0.4, -0.2) is 22.2 Å². The Kier molecular flexibility index (Phi) is 5.45. The second kappa shape index (κ2) is 7.94. The molecule has 3 rings (SSSR count). The van der Waals surface area contributed by atoms with E-state index in [1.807, 2.05) is 30.3 Å². The summed E-state index contributed by atoms with van der Waals surface area (Å²) in [6, 6.07) is 16.1. The molecule has 0 aliphatic carbocycles. The lowest BCUT2D eigenvalue weighted by atomic mass is 10.1. The van der Waals surface area contributed by atoms with Crippen molar-refractivity contribution in [3.63, 3.8) is 0 Å². The maximum Gasteiger partial charge on any atom is 0.287 e. The second-order valence-electron chi connectivity index (χ2n) is 5.36. The van der Waals surface area contributed by atoms with Crippen molar-refractivity contribution < 1.29 is 9.21 Å². The van der Waals surface area contributed by atoms with Gasteiger partial charge in [0.15, 0.2) is 10.4 Å². The number of aromatic nitrogens is 2. The smallest absolute Gasteiger partial charge is 0.287 e. The van der Waals surface area contributed by atoms with Gasteiger partial charge in [0.05, 0.1) is 5.69 Å². The molecular weight excluding hydrogens is 386 g/mol. The lowest BCUT2D eigenvalue weighted by Crippen LogP contribution is -2.27. The van der Waals surface area contributed by atoms with Gasteiger partial charge in [-0.05, 0) is 40.5 Å². The molecule has 0 saturated carbocycles. The van der Waals surface area contributed by atoms with Gasteiger partial charge in [-0.2, -0.15) is 5.10 Å². The number of hydrogen-bond acceptors (Lipinski definition) is 4. The third-order valence-electron chi connectivity index (χ3n) is 3.57. The number of carbonyl (C=O) groups excluding carboxylic acids is 1. The molecule has 3 aromatic rings. The summed E-state index contributed by atoms with van der Waals surface area (Å²) in [6.07, 6.45) is 0.582. The van der Waals surface area contributed by atoms with Gasteiger partial charge in [-0.3, -0.25) is 9.59 Å². The van der Waals surface area contributed by atoms with E-state index in [0.29, 0.717) is 24.2 Å². The highest BCUT2D eigenvalue weighted by atomic mass is 79.9. The molecule has 1 amide bonds. The molecule has 128 valence electrons. The standard InChI is InChI=1S/C18H16BrN3O3/c19-16-9-8-15(25-16)18(24)20-11-4-12-22-17(23)10-7-14(21-22)13-5-2-1-3-6-13/h1-3,5-10H,4,11-12H2,(H,20,24). The van der Waals surface area contributed by atoms with Gasteiger partial charge in [0.2, 0.25) is 0 Å². The third kappa shape index (κ3) is 4.45. The lowest BCUT2D eigenvalue weighted by Gasteiger charge is -2.07. The highest BCUT2D eigenvalue weighted by Crippen LogP contribution is 2.14. The zero-order valence-corrected chi connectivity index (χ0v) is 14.9. The summed E-state index contributed by atoms with van der Waals surface area (Å²) in [5.74, 6) is -0.0442. The SMILES string of the molecule is O=C(NCCCn1nc(-c2ccccc2)ccc1=O)c1ccc(Br)o1. The van der Waals surface area contributed by atoms with Gasteiger partial charge in [-0.15, -0.1) is 0 Å². The van der Waals surface area contributed by atoms with Crippen LogP contribution in [-0.2, 0) is 6.54 Å². The normalized spacial score (nSPS) is 10.6. The molecule has 0 saturated heterocycles. The number of nitrogens with zero attached hydrogens (tertiary/aromatic N) is 2. The number of nitrogens with one attached hydrogen (secondary N) is 1.